The summed E-state index contributed by atoms with van der Waals surface area (Å²) in [5.74, 6) is 1.33. The van der Waals surface area contributed by atoms with Gasteiger partial charge in [0, 0.05) is 38.6 Å². The van der Waals surface area contributed by atoms with Gasteiger partial charge in [-0.25, -0.2) is 9.97 Å². The quantitative estimate of drug-likeness (QED) is 0.271. The highest BCUT2D eigenvalue weighted by Gasteiger charge is 2.18. The van der Waals surface area contributed by atoms with Crippen molar-refractivity contribution in [2.45, 2.75) is 112 Å². The highest BCUT2D eigenvalue weighted by atomic mass is 32.1. The van der Waals surface area contributed by atoms with E-state index < -0.39 is 0 Å². The third-order valence-corrected chi connectivity index (χ3v) is 8.12. The molecule has 3 aromatic rings. The Morgan fingerprint density at radius 3 is 2.45 bits per heavy atom. The molecule has 1 aliphatic heterocycles. The maximum Gasteiger partial charge on any atom is 0.280 e. The molecule has 3 aromatic heterocycles. The molecule has 4 heterocycles. The molecular formula is C34H57N5O2S. The lowest BCUT2D eigenvalue weighted by molar-refractivity contribution is 0.0816. The summed E-state index contributed by atoms with van der Waals surface area (Å²) in [6.07, 6.45) is 10.0. The first kappa shape index (κ1) is 35.8. The van der Waals surface area contributed by atoms with E-state index in [0.29, 0.717) is 17.5 Å². The second-order valence-corrected chi connectivity index (χ2v) is 12.6. The minimum atomic E-state index is -0.135. The molecule has 1 atom stereocenters. The second-order valence-electron chi connectivity index (χ2n) is 11.6. The van der Waals surface area contributed by atoms with E-state index in [0.717, 1.165) is 74.4 Å². The van der Waals surface area contributed by atoms with Crippen LogP contribution in [-0.2, 0) is 12.8 Å². The maximum absolute atomic E-state index is 12.4. The van der Waals surface area contributed by atoms with Crippen molar-refractivity contribution in [3.05, 3.63) is 52.4 Å². The Labute approximate surface area is 260 Å². The van der Waals surface area contributed by atoms with E-state index in [9.17, 15) is 9.90 Å². The molecule has 0 saturated carbocycles. The molecule has 7 nitrogen and oxygen atoms in total. The van der Waals surface area contributed by atoms with Crippen LogP contribution in [0.1, 0.15) is 121 Å². The van der Waals surface area contributed by atoms with Crippen molar-refractivity contribution in [1.82, 2.24) is 25.2 Å². The molecule has 1 amide bonds. The molecule has 0 radical (unpaired) electrons. The van der Waals surface area contributed by atoms with Crippen molar-refractivity contribution in [3.63, 3.8) is 0 Å². The van der Waals surface area contributed by atoms with Crippen LogP contribution in [0.5, 0.6) is 0 Å². The highest BCUT2D eigenvalue weighted by Crippen LogP contribution is 2.27. The molecule has 0 bridgehead atoms. The zero-order chi connectivity index (χ0) is 30.9. The van der Waals surface area contributed by atoms with E-state index in [1.54, 1.807) is 0 Å². The van der Waals surface area contributed by atoms with Gasteiger partial charge in [0.05, 0.1) is 6.10 Å². The largest absolute Gasteiger partial charge is 0.393 e. The van der Waals surface area contributed by atoms with Gasteiger partial charge in [0.1, 0.15) is 10.3 Å². The number of aliphatic hydroxyl groups is 1. The Morgan fingerprint density at radius 1 is 1.12 bits per heavy atom. The van der Waals surface area contributed by atoms with Gasteiger partial charge in [0.15, 0.2) is 5.01 Å². The van der Waals surface area contributed by atoms with E-state index >= 15 is 0 Å². The van der Waals surface area contributed by atoms with E-state index in [1.807, 2.05) is 32.2 Å². The van der Waals surface area contributed by atoms with Crippen molar-refractivity contribution in [1.29, 1.82) is 0 Å². The van der Waals surface area contributed by atoms with Crippen LogP contribution in [-0.4, -0.2) is 63.1 Å². The predicted octanol–water partition coefficient (Wildman–Crippen LogP) is 7.68. The molecule has 1 aliphatic carbocycles. The summed E-state index contributed by atoms with van der Waals surface area (Å²) in [5, 5.41) is 13.0. The molecule has 42 heavy (non-hydrogen) atoms. The molecule has 8 heteroatoms. The van der Waals surface area contributed by atoms with E-state index in [1.165, 1.54) is 41.1 Å². The number of rotatable bonds is 7. The number of aryl methyl sites for hydroxylation is 2. The summed E-state index contributed by atoms with van der Waals surface area (Å²) >= 11 is 1.39. The topological polar surface area (TPSA) is 91.2 Å². The van der Waals surface area contributed by atoms with Gasteiger partial charge in [0.25, 0.3) is 5.91 Å². The number of nitrogens with zero attached hydrogens (tertiary/aromatic N) is 4. The Balaban J connectivity index is 0.000000454. The molecule has 1 saturated heterocycles. The van der Waals surface area contributed by atoms with Gasteiger partial charge in [-0.1, -0.05) is 65.9 Å². The number of aliphatic hydroxyl groups excluding tert-OH is 1. The lowest BCUT2D eigenvalue weighted by Gasteiger charge is -2.29. The minimum absolute atomic E-state index is 0. The van der Waals surface area contributed by atoms with Gasteiger partial charge < -0.3 is 15.3 Å². The van der Waals surface area contributed by atoms with Crippen LogP contribution in [0.15, 0.2) is 30.5 Å². The smallest absolute Gasteiger partial charge is 0.280 e. The Bertz CT molecular complexity index is 1120. The molecule has 2 N–H and O–H groups in total. The summed E-state index contributed by atoms with van der Waals surface area (Å²) in [5.41, 5.74) is 4.54. The highest BCUT2D eigenvalue weighted by molar-refractivity contribution is 7.19. The van der Waals surface area contributed by atoms with Gasteiger partial charge in [-0.15, -0.1) is 0 Å². The number of carbonyl (C=O) groups excluding carboxylic acids is 1. The minimum Gasteiger partial charge on any atom is -0.393 e. The first-order chi connectivity index (χ1) is 20.3. The SMILES string of the molecule is CC.CC(C)C.CCC(C)c1ccccn1.O=C(NCCCN1CCC(O)CC1)c1nc2cc3c(nc2s1)CCCC3.[HH]. The number of amides is 1. The summed E-state index contributed by atoms with van der Waals surface area (Å²) in [4.78, 5) is 29.1. The fourth-order valence-corrected chi connectivity index (χ4v) is 5.54. The van der Waals surface area contributed by atoms with Crippen LogP contribution in [0.3, 0.4) is 0 Å². The van der Waals surface area contributed by atoms with Gasteiger partial charge in [0.2, 0.25) is 0 Å². The van der Waals surface area contributed by atoms with Gasteiger partial charge in [-0.3, -0.25) is 9.78 Å². The van der Waals surface area contributed by atoms with Crippen LogP contribution < -0.4 is 5.32 Å². The number of hydrogen-bond donors (Lipinski definition) is 2. The Kier molecular flexibility index (Phi) is 16.8. The lowest BCUT2D eigenvalue weighted by Crippen LogP contribution is -2.37. The molecule has 1 fully saturated rings. The normalized spacial score (nSPS) is 15.7. The van der Waals surface area contributed by atoms with Crippen molar-refractivity contribution in [2.75, 3.05) is 26.2 Å². The molecular weight excluding hydrogens is 542 g/mol. The maximum atomic E-state index is 12.4. The second kappa shape index (κ2) is 19.7. The summed E-state index contributed by atoms with van der Waals surface area (Å²) < 4.78 is 0. The Hall–Kier alpha value is -2.42. The summed E-state index contributed by atoms with van der Waals surface area (Å²) in [6.45, 7) is 18.4. The zero-order valence-corrected chi connectivity index (χ0v) is 28.0. The molecule has 236 valence electrons. The first-order valence-corrected chi connectivity index (χ1v) is 17.0. The zero-order valence-electron chi connectivity index (χ0n) is 27.2. The Morgan fingerprint density at radius 2 is 1.81 bits per heavy atom. The number of pyridine rings is 2. The van der Waals surface area contributed by atoms with E-state index in [2.05, 4.69) is 66.9 Å². The average Bonchev–Trinajstić information content (AvgIpc) is 3.43. The standard InChI is InChI=1S/C19H26N4O2S.C9H13N.C4H10.C2H6.H2/c24-14-6-10-23(11-7-14)9-3-8-20-17(25)19-22-16-12-13-4-1-2-5-15(13)21-18(16)26-19;1-3-8(2)9-6-4-5-7-10-9;1-4(2)3;1-2;/h12,14,24H,1-11H2,(H,20,25);4-8H,3H2,1-2H3;4H,1-3H3;1-2H3;1H. The number of likely N-dealkylation sites (tertiary alicyclic amines) is 1. The monoisotopic (exact) mass is 599 g/mol. The van der Waals surface area contributed by atoms with Crippen LogP contribution in [0, 0.1) is 5.92 Å². The number of piperidine rings is 1. The molecule has 5 rings (SSSR count). The number of aromatic nitrogens is 3. The van der Waals surface area contributed by atoms with Crippen LogP contribution >= 0.6 is 11.3 Å². The average molecular weight is 600 g/mol. The number of hydrogen-bond acceptors (Lipinski definition) is 7. The number of nitrogens with one attached hydrogen (secondary N) is 1. The number of carbonyl (C=O) groups is 1. The summed E-state index contributed by atoms with van der Waals surface area (Å²) in [7, 11) is 0. The van der Waals surface area contributed by atoms with Crippen molar-refractivity contribution < 1.29 is 11.3 Å². The third kappa shape index (κ3) is 12.4. The third-order valence-electron chi connectivity index (χ3n) is 7.16. The predicted molar refractivity (Wildman–Crippen MR) is 180 cm³/mol. The van der Waals surface area contributed by atoms with Crippen LogP contribution in [0.4, 0.5) is 0 Å². The first-order valence-electron chi connectivity index (χ1n) is 16.2. The van der Waals surface area contributed by atoms with Gasteiger partial charge >= 0.3 is 0 Å². The van der Waals surface area contributed by atoms with Crippen LogP contribution in [0.25, 0.3) is 10.3 Å². The van der Waals surface area contributed by atoms with Crippen molar-refractivity contribution >= 4 is 27.6 Å². The fourth-order valence-electron chi connectivity index (χ4n) is 4.68. The fraction of sp³-hybridized carbons (Fsp3) is 0.647. The van der Waals surface area contributed by atoms with Crippen molar-refractivity contribution in [3.8, 4) is 0 Å². The number of thiazole rings is 1. The molecule has 0 aromatic carbocycles. The molecule has 1 unspecified atom stereocenters. The molecule has 0 spiro atoms. The van der Waals surface area contributed by atoms with Gasteiger partial charge in [-0.2, -0.15) is 0 Å². The summed E-state index contributed by atoms with van der Waals surface area (Å²) in [6, 6.07) is 8.18. The molecule has 2 aliphatic rings. The lowest BCUT2D eigenvalue weighted by atomic mass is 9.96. The van der Waals surface area contributed by atoms with Gasteiger partial charge in [-0.05, 0) is 93.5 Å². The van der Waals surface area contributed by atoms with E-state index in [4.69, 9.17) is 4.98 Å². The van der Waals surface area contributed by atoms with Crippen molar-refractivity contribution in [2.24, 2.45) is 5.92 Å². The van der Waals surface area contributed by atoms with E-state index in [-0.39, 0.29) is 13.4 Å². The van der Waals surface area contributed by atoms with Crippen LogP contribution in [0.2, 0.25) is 0 Å². The number of fused-ring (bicyclic) bond motifs is 2.